The highest BCUT2D eigenvalue weighted by Gasteiger charge is 1.99. The van der Waals surface area contributed by atoms with E-state index in [-0.39, 0.29) is 0 Å². The normalized spacial score (nSPS) is 9.00. The van der Waals surface area contributed by atoms with Gasteiger partial charge in [-0.2, -0.15) is 0 Å². The van der Waals surface area contributed by atoms with Gasteiger partial charge in [-0.05, 0) is 31.5 Å². The molecule has 0 saturated carbocycles. The summed E-state index contributed by atoms with van der Waals surface area (Å²) in [4.78, 5) is 11.0. The lowest BCUT2D eigenvalue weighted by Crippen LogP contribution is -1.99. The molecule has 0 aliphatic heterocycles. The van der Waals surface area contributed by atoms with Crippen molar-refractivity contribution in [3.63, 3.8) is 0 Å². The number of carbonyl (C=O) groups is 1. The molecule has 3 heteroatoms. The maximum absolute atomic E-state index is 11.0. The molecule has 15 heavy (non-hydrogen) atoms. The van der Waals surface area contributed by atoms with E-state index in [0.717, 1.165) is 11.1 Å². The molecular weight excluding hydrogens is 212 g/mol. The summed E-state index contributed by atoms with van der Waals surface area (Å²) < 4.78 is 4.69. The van der Waals surface area contributed by atoms with Crippen LogP contribution in [-0.2, 0) is 9.53 Å². The highest BCUT2D eigenvalue weighted by Crippen LogP contribution is 2.17. The largest absolute Gasteiger partial charge is 0.456 e. The number of halogens is 1. The third-order valence-electron chi connectivity index (χ3n) is 1.84. The van der Waals surface area contributed by atoms with Crippen LogP contribution in [0.4, 0.5) is 0 Å². The molecule has 0 atom stereocenters. The van der Waals surface area contributed by atoms with Crippen LogP contribution in [0.2, 0.25) is 5.02 Å². The summed E-state index contributed by atoms with van der Waals surface area (Å²) in [5.41, 5.74) is 1.62. The van der Waals surface area contributed by atoms with Crippen molar-refractivity contribution >= 4 is 17.6 Å². The Morgan fingerprint density at radius 2 is 2.27 bits per heavy atom. The Morgan fingerprint density at radius 1 is 1.53 bits per heavy atom. The van der Waals surface area contributed by atoms with Gasteiger partial charge in [-0.25, -0.2) is 4.79 Å². The summed E-state index contributed by atoms with van der Waals surface area (Å²) in [6.07, 6.45) is 0. The Morgan fingerprint density at radius 3 is 2.93 bits per heavy atom. The molecule has 0 fully saturated rings. The molecule has 0 N–H and O–H groups in total. The average Bonchev–Trinajstić information content (AvgIpc) is 2.21. The van der Waals surface area contributed by atoms with Crippen LogP contribution in [0.1, 0.15) is 18.1 Å². The highest BCUT2D eigenvalue weighted by molar-refractivity contribution is 6.31. The summed E-state index contributed by atoms with van der Waals surface area (Å²) in [7, 11) is 0. The monoisotopic (exact) mass is 222 g/mol. The van der Waals surface area contributed by atoms with E-state index in [1.54, 1.807) is 19.1 Å². The van der Waals surface area contributed by atoms with Crippen LogP contribution >= 0.6 is 11.6 Å². The molecule has 0 aromatic heterocycles. The molecule has 0 aliphatic carbocycles. The Labute approximate surface area is 94.2 Å². The van der Waals surface area contributed by atoms with E-state index in [2.05, 4.69) is 16.6 Å². The first-order chi connectivity index (χ1) is 7.15. The number of hydrogen-bond acceptors (Lipinski definition) is 2. The van der Waals surface area contributed by atoms with Crippen LogP contribution in [0.3, 0.4) is 0 Å². The summed E-state index contributed by atoms with van der Waals surface area (Å²) in [5.74, 6) is 4.61. The van der Waals surface area contributed by atoms with Crippen LogP contribution in [0.15, 0.2) is 18.2 Å². The minimum atomic E-state index is -0.517. The van der Waals surface area contributed by atoms with Gasteiger partial charge >= 0.3 is 5.97 Å². The van der Waals surface area contributed by atoms with Crippen molar-refractivity contribution in [3.8, 4) is 11.8 Å². The van der Waals surface area contributed by atoms with Crippen molar-refractivity contribution in [2.45, 2.75) is 13.8 Å². The Balaban J connectivity index is 2.89. The highest BCUT2D eigenvalue weighted by atomic mass is 35.5. The molecule has 0 spiro atoms. The van der Waals surface area contributed by atoms with Crippen molar-refractivity contribution in [2.24, 2.45) is 0 Å². The third-order valence-corrected chi connectivity index (χ3v) is 2.25. The predicted octanol–water partition coefficient (Wildman–Crippen LogP) is 2.56. The van der Waals surface area contributed by atoms with Gasteiger partial charge in [-0.3, -0.25) is 0 Å². The molecule has 78 valence electrons. The minimum Gasteiger partial charge on any atom is -0.456 e. The third kappa shape index (κ3) is 3.30. The average molecular weight is 223 g/mol. The SMILES string of the molecule is CCOC(=O)C#Cc1cccc(Cl)c1C. The van der Waals surface area contributed by atoms with Gasteiger partial charge in [0, 0.05) is 16.5 Å². The molecule has 0 bridgehead atoms. The van der Waals surface area contributed by atoms with Gasteiger partial charge in [-0.15, -0.1) is 0 Å². The smallest absolute Gasteiger partial charge is 0.384 e. The van der Waals surface area contributed by atoms with E-state index >= 15 is 0 Å². The lowest BCUT2D eigenvalue weighted by molar-refractivity contribution is -0.136. The standard InChI is InChI=1S/C12H11ClO2/c1-3-15-12(14)8-7-10-5-4-6-11(13)9(10)2/h4-6H,3H2,1-2H3. The summed E-state index contributed by atoms with van der Waals surface area (Å²) in [6.45, 7) is 3.93. The molecule has 0 amide bonds. The molecule has 0 aliphatic rings. The van der Waals surface area contributed by atoms with E-state index in [1.165, 1.54) is 0 Å². The first kappa shape index (κ1) is 11.6. The second-order valence-electron chi connectivity index (χ2n) is 2.88. The van der Waals surface area contributed by atoms with E-state index in [9.17, 15) is 4.79 Å². The van der Waals surface area contributed by atoms with Crippen LogP contribution < -0.4 is 0 Å². The van der Waals surface area contributed by atoms with Crippen molar-refractivity contribution < 1.29 is 9.53 Å². The fraction of sp³-hybridized carbons (Fsp3) is 0.250. The lowest BCUT2D eigenvalue weighted by Gasteiger charge is -1.99. The van der Waals surface area contributed by atoms with Crippen LogP contribution in [-0.4, -0.2) is 12.6 Å². The van der Waals surface area contributed by atoms with Crippen LogP contribution in [0.25, 0.3) is 0 Å². The zero-order valence-electron chi connectivity index (χ0n) is 8.63. The summed E-state index contributed by atoms with van der Waals surface area (Å²) in [6, 6.07) is 5.39. The molecule has 0 radical (unpaired) electrons. The fourth-order valence-electron chi connectivity index (χ4n) is 1.03. The zero-order valence-corrected chi connectivity index (χ0v) is 9.39. The topological polar surface area (TPSA) is 26.3 Å². The maximum Gasteiger partial charge on any atom is 0.384 e. The van der Waals surface area contributed by atoms with Gasteiger partial charge in [0.05, 0.1) is 6.61 Å². The van der Waals surface area contributed by atoms with Gasteiger partial charge in [0.2, 0.25) is 0 Å². The van der Waals surface area contributed by atoms with Crippen molar-refractivity contribution in [1.29, 1.82) is 0 Å². The van der Waals surface area contributed by atoms with Gasteiger partial charge in [0.25, 0.3) is 0 Å². The fourth-order valence-corrected chi connectivity index (χ4v) is 1.20. The molecule has 2 nitrogen and oxygen atoms in total. The minimum absolute atomic E-state index is 0.335. The van der Waals surface area contributed by atoms with Gasteiger partial charge in [-0.1, -0.05) is 23.6 Å². The molecule has 1 rings (SSSR count). The second kappa shape index (κ2) is 5.43. The number of hydrogen-bond donors (Lipinski definition) is 0. The number of carbonyl (C=O) groups excluding carboxylic acids is 1. The van der Waals surface area contributed by atoms with Crippen molar-refractivity contribution in [3.05, 3.63) is 34.3 Å². The van der Waals surface area contributed by atoms with E-state index in [0.29, 0.717) is 11.6 Å². The number of ether oxygens (including phenoxy) is 1. The number of rotatable bonds is 1. The second-order valence-corrected chi connectivity index (χ2v) is 3.29. The molecular formula is C12H11ClO2. The Kier molecular flexibility index (Phi) is 4.20. The predicted molar refractivity (Wildman–Crippen MR) is 59.7 cm³/mol. The van der Waals surface area contributed by atoms with E-state index in [4.69, 9.17) is 11.6 Å². The quantitative estimate of drug-likeness (QED) is 0.539. The number of benzene rings is 1. The Hall–Kier alpha value is -1.46. The summed E-state index contributed by atoms with van der Waals surface area (Å²) >= 11 is 5.91. The van der Waals surface area contributed by atoms with Crippen molar-refractivity contribution in [1.82, 2.24) is 0 Å². The maximum atomic E-state index is 11.0. The molecule has 1 aromatic carbocycles. The Bertz CT molecular complexity index is 427. The molecule has 1 aromatic rings. The van der Waals surface area contributed by atoms with E-state index in [1.807, 2.05) is 13.0 Å². The van der Waals surface area contributed by atoms with Gasteiger partial charge in [0.1, 0.15) is 0 Å². The van der Waals surface area contributed by atoms with E-state index < -0.39 is 5.97 Å². The first-order valence-corrected chi connectivity index (χ1v) is 4.96. The molecule has 0 saturated heterocycles. The van der Waals surface area contributed by atoms with Crippen molar-refractivity contribution in [2.75, 3.05) is 6.61 Å². The zero-order chi connectivity index (χ0) is 11.3. The molecule has 0 unspecified atom stereocenters. The van der Waals surface area contributed by atoms with Gasteiger partial charge < -0.3 is 4.74 Å². The van der Waals surface area contributed by atoms with Crippen LogP contribution in [0, 0.1) is 18.8 Å². The van der Waals surface area contributed by atoms with Crippen LogP contribution in [0.5, 0.6) is 0 Å². The first-order valence-electron chi connectivity index (χ1n) is 4.59. The number of esters is 1. The lowest BCUT2D eigenvalue weighted by atomic mass is 10.1. The van der Waals surface area contributed by atoms with Gasteiger partial charge in [0.15, 0.2) is 0 Å². The molecule has 0 heterocycles. The summed E-state index contributed by atoms with van der Waals surface area (Å²) in [5, 5.41) is 0.644.